The van der Waals surface area contributed by atoms with Gasteiger partial charge in [0.05, 0.1) is 17.2 Å². The molecule has 1 saturated heterocycles. The van der Waals surface area contributed by atoms with Crippen LogP contribution >= 0.6 is 0 Å². The molecule has 1 atom stereocenters. The fourth-order valence-corrected chi connectivity index (χ4v) is 4.73. The van der Waals surface area contributed by atoms with Crippen LogP contribution in [-0.4, -0.2) is 61.4 Å². The summed E-state index contributed by atoms with van der Waals surface area (Å²) in [5, 5.41) is 2.74. The lowest BCUT2D eigenvalue weighted by Gasteiger charge is -2.23. The number of sulfone groups is 1. The van der Waals surface area contributed by atoms with Crippen LogP contribution in [0.1, 0.15) is 16.8 Å². The zero-order valence-corrected chi connectivity index (χ0v) is 16.5. The Balaban J connectivity index is 1.64. The lowest BCUT2D eigenvalue weighted by Crippen LogP contribution is -2.40. The summed E-state index contributed by atoms with van der Waals surface area (Å²) >= 11 is 0. The van der Waals surface area contributed by atoms with Gasteiger partial charge in [-0.05, 0) is 30.7 Å². The van der Waals surface area contributed by atoms with E-state index in [1.54, 1.807) is 6.07 Å². The number of rotatable bonds is 6. The summed E-state index contributed by atoms with van der Waals surface area (Å²) in [6.45, 7) is -0.542. The third kappa shape index (κ3) is 5.08. The van der Waals surface area contributed by atoms with Gasteiger partial charge in [0.25, 0.3) is 5.91 Å². The number of carbonyl (C=O) groups is 2. The molecule has 29 heavy (non-hydrogen) atoms. The molecule has 1 fully saturated rings. The summed E-state index contributed by atoms with van der Waals surface area (Å²) in [4.78, 5) is 30.0. The van der Waals surface area contributed by atoms with Gasteiger partial charge in [-0.25, -0.2) is 22.6 Å². The van der Waals surface area contributed by atoms with Crippen LogP contribution in [0.2, 0.25) is 0 Å². The smallest absolute Gasteiger partial charge is 0.342 e. The van der Waals surface area contributed by atoms with E-state index in [9.17, 15) is 22.4 Å². The largest absolute Gasteiger partial charge is 0.452 e. The zero-order valence-electron chi connectivity index (χ0n) is 15.7. The summed E-state index contributed by atoms with van der Waals surface area (Å²) in [5.74, 6) is -1.80. The first kappa shape index (κ1) is 20.7. The predicted molar refractivity (Wildman–Crippen MR) is 104 cm³/mol. The van der Waals surface area contributed by atoms with Gasteiger partial charge in [-0.2, -0.15) is 0 Å². The number of amides is 1. The average Bonchev–Trinajstić information content (AvgIpc) is 3.07. The molecule has 0 saturated carbocycles. The number of carbonyl (C=O) groups excluding carboxylic acids is 2. The Hall–Kier alpha value is -3.01. The van der Waals surface area contributed by atoms with Gasteiger partial charge in [-0.3, -0.25) is 4.79 Å². The van der Waals surface area contributed by atoms with Crippen molar-refractivity contribution >= 4 is 33.2 Å². The Labute approximate surface area is 167 Å². The Bertz CT molecular complexity index is 1030. The number of benzene rings is 1. The van der Waals surface area contributed by atoms with E-state index in [0.717, 1.165) is 0 Å². The molecule has 3 rings (SSSR count). The second-order valence-electron chi connectivity index (χ2n) is 6.64. The van der Waals surface area contributed by atoms with Crippen molar-refractivity contribution in [2.24, 2.45) is 0 Å². The molecule has 1 aliphatic heterocycles. The number of hydrogen-bond donors (Lipinski definition) is 1. The van der Waals surface area contributed by atoms with Crippen molar-refractivity contribution in [1.29, 1.82) is 0 Å². The van der Waals surface area contributed by atoms with E-state index in [1.807, 2.05) is 0 Å². The maximum Gasteiger partial charge on any atom is 0.342 e. The van der Waals surface area contributed by atoms with E-state index in [4.69, 9.17) is 4.74 Å². The van der Waals surface area contributed by atoms with Gasteiger partial charge in [0.2, 0.25) is 0 Å². The highest BCUT2D eigenvalue weighted by atomic mass is 32.2. The maximum absolute atomic E-state index is 13.9. The topological polar surface area (TPSA) is 106 Å². The molecule has 10 heteroatoms. The summed E-state index contributed by atoms with van der Waals surface area (Å²) in [7, 11) is -1.65. The number of aromatic nitrogens is 1. The number of likely N-dealkylation sites (N-methyl/N-ethyl adjacent to an activating group) is 1. The van der Waals surface area contributed by atoms with E-state index in [2.05, 4.69) is 10.3 Å². The quantitative estimate of drug-likeness (QED) is 0.709. The summed E-state index contributed by atoms with van der Waals surface area (Å²) in [5.41, 5.74) is 0.174. The first-order valence-corrected chi connectivity index (χ1v) is 10.7. The molecule has 0 spiro atoms. The standard InChI is InChI=1S/C19H20FN3O5S/c1-23(13-8-10-29(26,27)12-13)17(24)11-28-19(25)14-5-4-9-21-18(14)22-16-7-3-2-6-15(16)20/h2-7,9,13H,8,10-12H2,1H3,(H,21,22)/t13-/m0/s1. The Kier molecular flexibility index (Phi) is 6.12. The fraction of sp³-hybridized carbons (Fsp3) is 0.316. The van der Waals surface area contributed by atoms with Crippen LogP contribution in [0, 0.1) is 5.82 Å². The van der Waals surface area contributed by atoms with E-state index < -0.39 is 40.2 Å². The molecule has 1 N–H and O–H groups in total. The zero-order chi connectivity index (χ0) is 21.0. The van der Waals surface area contributed by atoms with Gasteiger partial charge in [0, 0.05) is 19.3 Å². The van der Waals surface area contributed by atoms with Crippen LogP contribution in [0.5, 0.6) is 0 Å². The van der Waals surface area contributed by atoms with Crippen molar-refractivity contribution in [2.75, 3.05) is 30.5 Å². The molecule has 0 unspecified atom stereocenters. The molecule has 2 heterocycles. The number of halogens is 1. The van der Waals surface area contributed by atoms with Crippen molar-refractivity contribution in [3.8, 4) is 0 Å². The third-order valence-electron chi connectivity index (χ3n) is 4.63. The fourth-order valence-electron chi connectivity index (χ4n) is 2.95. The average molecular weight is 421 g/mol. The highest BCUT2D eigenvalue weighted by Crippen LogP contribution is 2.22. The molecular weight excluding hydrogens is 401 g/mol. The van der Waals surface area contributed by atoms with Crippen molar-refractivity contribution in [3.63, 3.8) is 0 Å². The van der Waals surface area contributed by atoms with Gasteiger partial charge < -0.3 is 15.0 Å². The minimum atomic E-state index is -3.14. The van der Waals surface area contributed by atoms with Crippen LogP contribution in [0.3, 0.4) is 0 Å². The minimum absolute atomic E-state index is 0.0367. The maximum atomic E-state index is 13.9. The van der Waals surface area contributed by atoms with Crippen LogP contribution < -0.4 is 5.32 Å². The van der Waals surface area contributed by atoms with E-state index in [1.165, 1.54) is 48.5 Å². The van der Waals surface area contributed by atoms with Gasteiger partial charge in [-0.15, -0.1) is 0 Å². The Morgan fingerprint density at radius 2 is 2.03 bits per heavy atom. The number of hydrogen-bond acceptors (Lipinski definition) is 7. The molecular formula is C19H20FN3O5S. The molecule has 1 amide bonds. The molecule has 8 nitrogen and oxygen atoms in total. The van der Waals surface area contributed by atoms with Gasteiger partial charge >= 0.3 is 5.97 Å². The van der Waals surface area contributed by atoms with E-state index >= 15 is 0 Å². The first-order valence-electron chi connectivity index (χ1n) is 8.86. The van der Waals surface area contributed by atoms with E-state index in [0.29, 0.717) is 6.42 Å². The normalized spacial score (nSPS) is 17.5. The highest BCUT2D eigenvalue weighted by Gasteiger charge is 2.33. The lowest BCUT2D eigenvalue weighted by molar-refractivity contribution is -0.134. The van der Waals surface area contributed by atoms with Gasteiger partial charge in [0.15, 0.2) is 16.4 Å². The Morgan fingerprint density at radius 3 is 2.72 bits per heavy atom. The molecule has 1 aromatic carbocycles. The van der Waals surface area contributed by atoms with Crippen LogP contribution in [-0.2, 0) is 19.4 Å². The third-order valence-corrected chi connectivity index (χ3v) is 6.38. The Morgan fingerprint density at radius 1 is 1.28 bits per heavy atom. The number of esters is 1. The summed E-state index contributed by atoms with van der Waals surface area (Å²) in [6, 6.07) is 8.45. The molecule has 154 valence electrons. The SMILES string of the molecule is CN(C(=O)COC(=O)c1cccnc1Nc1ccccc1F)[C@H]1CCS(=O)(=O)C1. The second kappa shape index (κ2) is 8.56. The molecule has 0 aliphatic carbocycles. The van der Waals surface area contributed by atoms with Crippen LogP contribution in [0.4, 0.5) is 15.9 Å². The number of nitrogens with zero attached hydrogens (tertiary/aromatic N) is 2. The van der Waals surface area contributed by atoms with Crippen molar-refractivity contribution < 1.29 is 27.1 Å². The van der Waals surface area contributed by atoms with Gasteiger partial charge in [-0.1, -0.05) is 12.1 Å². The van der Waals surface area contributed by atoms with Crippen molar-refractivity contribution in [2.45, 2.75) is 12.5 Å². The van der Waals surface area contributed by atoms with Crippen LogP contribution in [0.15, 0.2) is 42.6 Å². The molecule has 1 aliphatic rings. The number of para-hydroxylation sites is 1. The number of anilines is 2. The first-order chi connectivity index (χ1) is 13.8. The number of nitrogens with one attached hydrogen (secondary N) is 1. The number of ether oxygens (including phenoxy) is 1. The van der Waals surface area contributed by atoms with Crippen molar-refractivity contribution in [3.05, 3.63) is 54.0 Å². The predicted octanol–water partition coefficient (Wildman–Crippen LogP) is 1.77. The molecule has 2 aromatic rings. The van der Waals surface area contributed by atoms with E-state index in [-0.39, 0.29) is 28.6 Å². The lowest BCUT2D eigenvalue weighted by atomic mass is 10.2. The van der Waals surface area contributed by atoms with Crippen molar-refractivity contribution in [1.82, 2.24) is 9.88 Å². The molecule has 0 radical (unpaired) electrons. The monoisotopic (exact) mass is 421 g/mol. The number of pyridine rings is 1. The summed E-state index contributed by atoms with van der Waals surface area (Å²) in [6.07, 6.45) is 1.79. The summed E-state index contributed by atoms with van der Waals surface area (Å²) < 4.78 is 42.1. The van der Waals surface area contributed by atoms with Crippen LogP contribution in [0.25, 0.3) is 0 Å². The minimum Gasteiger partial charge on any atom is -0.452 e. The second-order valence-corrected chi connectivity index (χ2v) is 8.87. The molecule has 0 bridgehead atoms. The van der Waals surface area contributed by atoms with Gasteiger partial charge in [0.1, 0.15) is 17.2 Å². The highest BCUT2D eigenvalue weighted by molar-refractivity contribution is 7.91. The molecule has 1 aromatic heterocycles.